The SMILES string of the molecule is C#C[C@@]1(O)CC[C@H]2[C@@H]3CCc4cc(OC)ccc4[C@H]3CCC21C. The van der Waals surface area contributed by atoms with Crippen LogP contribution in [-0.2, 0) is 6.42 Å². The van der Waals surface area contributed by atoms with E-state index in [1.807, 2.05) is 0 Å². The van der Waals surface area contributed by atoms with Crippen molar-refractivity contribution in [1.29, 1.82) is 0 Å². The quantitative estimate of drug-likeness (QED) is 0.797. The molecular weight excluding hydrogens is 284 g/mol. The van der Waals surface area contributed by atoms with E-state index in [1.165, 1.54) is 17.5 Å². The van der Waals surface area contributed by atoms with Crippen molar-refractivity contribution in [2.24, 2.45) is 17.3 Å². The average Bonchev–Trinajstić information content (AvgIpc) is 2.86. The van der Waals surface area contributed by atoms with E-state index in [2.05, 4.69) is 31.0 Å². The van der Waals surface area contributed by atoms with Gasteiger partial charge in [-0.3, -0.25) is 0 Å². The lowest BCUT2D eigenvalue weighted by molar-refractivity contribution is -0.0646. The highest BCUT2D eigenvalue weighted by molar-refractivity contribution is 5.41. The summed E-state index contributed by atoms with van der Waals surface area (Å²) >= 11 is 0. The molecule has 2 heteroatoms. The highest BCUT2D eigenvalue weighted by Crippen LogP contribution is 2.64. The minimum atomic E-state index is -0.900. The van der Waals surface area contributed by atoms with Crippen LogP contribution in [0.5, 0.6) is 5.75 Å². The summed E-state index contributed by atoms with van der Waals surface area (Å²) in [5.74, 6) is 5.56. The van der Waals surface area contributed by atoms with Crippen LogP contribution in [0.15, 0.2) is 18.2 Å². The van der Waals surface area contributed by atoms with Gasteiger partial charge in [0.15, 0.2) is 0 Å². The van der Waals surface area contributed by atoms with E-state index in [1.54, 1.807) is 7.11 Å². The third-order valence-corrected chi connectivity index (χ3v) is 7.32. The molecule has 2 saturated carbocycles. The number of rotatable bonds is 1. The van der Waals surface area contributed by atoms with Gasteiger partial charge in [0.1, 0.15) is 11.4 Å². The van der Waals surface area contributed by atoms with Gasteiger partial charge in [0, 0.05) is 5.41 Å². The highest BCUT2D eigenvalue weighted by Gasteiger charge is 2.61. The average molecular weight is 310 g/mol. The third-order valence-electron chi connectivity index (χ3n) is 7.32. The predicted molar refractivity (Wildman–Crippen MR) is 91.4 cm³/mol. The fourth-order valence-electron chi connectivity index (χ4n) is 5.94. The molecule has 0 aromatic heterocycles. The summed E-state index contributed by atoms with van der Waals surface area (Å²) in [5.41, 5.74) is 1.97. The zero-order valence-electron chi connectivity index (χ0n) is 14.1. The number of terminal acetylenes is 1. The van der Waals surface area contributed by atoms with Gasteiger partial charge in [0.05, 0.1) is 7.11 Å². The molecule has 5 atom stereocenters. The summed E-state index contributed by atoms with van der Waals surface area (Å²) < 4.78 is 5.39. The van der Waals surface area contributed by atoms with Crippen molar-refractivity contribution >= 4 is 0 Å². The van der Waals surface area contributed by atoms with Crippen LogP contribution >= 0.6 is 0 Å². The Morgan fingerprint density at radius 3 is 2.83 bits per heavy atom. The predicted octanol–water partition coefficient (Wildman–Crippen LogP) is 3.92. The maximum atomic E-state index is 11.0. The standard InChI is InChI=1S/C21H26O2/c1-4-21(22)12-10-19-18-7-5-14-13-15(23-3)6-8-16(14)17(18)9-11-20(19,21)2/h1,6,8,13,17-19,22H,5,7,9-12H2,2-3H3/t17-,18-,19+,20?,21-/m1/s1. The van der Waals surface area contributed by atoms with E-state index in [9.17, 15) is 5.11 Å². The molecule has 1 aromatic carbocycles. The Bertz CT molecular complexity index is 673. The molecular formula is C21H26O2. The number of hydrogen-bond donors (Lipinski definition) is 1. The van der Waals surface area contributed by atoms with E-state index in [0.29, 0.717) is 17.8 Å². The van der Waals surface area contributed by atoms with E-state index >= 15 is 0 Å². The van der Waals surface area contributed by atoms with Gasteiger partial charge in [0.25, 0.3) is 0 Å². The second-order valence-corrected chi connectivity index (χ2v) is 7.98. The number of methoxy groups -OCH3 is 1. The lowest BCUT2D eigenvalue weighted by Crippen LogP contribution is -2.50. The van der Waals surface area contributed by atoms with Gasteiger partial charge >= 0.3 is 0 Å². The third kappa shape index (κ3) is 1.93. The molecule has 2 fully saturated rings. The fourth-order valence-corrected chi connectivity index (χ4v) is 5.94. The molecule has 1 unspecified atom stereocenters. The summed E-state index contributed by atoms with van der Waals surface area (Å²) in [4.78, 5) is 0. The molecule has 3 aliphatic carbocycles. The normalized spacial score (nSPS) is 41.4. The summed E-state index contributed by atoms with van der Waals surface area (Å²) in [5, 5.41) is 11.0. The molecule has 23 heavy (non-hydrogen) atoms. The Morgan fingerprint density at radius 2 is 2.09 bits per heavy atom. The van der Waals surface area contributed by atoms with Gasteiger partial charge in [-0.1, -0.05) is 18.9 Å². The summed E-state index contributed by atoms with van der Waals surface area (Å²) in [6.07, 6.45) is 12.1. The Morgan fingerprint density at radius 1 is 1.26 bits per heavy atom. The van der Waals surface area contributed by atoms with Crippen LogP contribution in [-0.4, -0.2) is 17.8 Å². The van der Waals surface area contributed by atoms with Crippen LogP contribution in [0.4, 0.5) is 0 Å². The second-order valence-electron chi connectivity index (χ2n) is 7.98. The van der Waals surface area contributed by atoms with Gasteiger partial charge in [-0.25, -0.2) is 0 Å². The molecule has 122 valence electrons. The molecule has 0 bridgehead atoms. The largest absolute Gasteiger partial charge is 0.497 e. The molecule has 1 aromatic rings. The van der Waals surface area contributed by atoms with Gasteiger partial charge in [-0.05, 0) is 79.5 Å². The Balaban J connectivity index is 1.70. The van der Waals surface area contributed by atoms with Crippen molar-refractivity contribution in [3.8, 4) is 18.1 Å². The van der Waals surface area contributed by atoms with Crippen molar-refractivity contribution in [3.63, 3.8) is 0 Å². The first-order valence-electron chi connectivity index (χ1n) is 8.89. The van der Waals surface area contributed by atoms with Crippen molar-refractivity contribution in [2.75, 3.05) is 7.11 Å². The maximum absolute atomic E-state index is 11.0. The number of benzene rings is 1. The van der Waals surface area contributed by atoms with Gasteiger partial charge in [0.2, 0.25) is 0 Å². The Hall–Kier alpha value is -1.46. The lowest BCUT2D eigenvalue weighted by Gasteiger charge is -2.52. The zero-order chi connectivity index (χ0) is 16.2. The van der Waals surface area contributed by atoms with E-state index < -0.39 is 5.60 Å². The van der Waals surface area contributed by atoms with Crippen molar-refractivity contribution < 1.29 is 9.84 Å². The molecule has 0 heterocycles. The first kappa shape index (κ1) is 15.1. The number of ether oxygens (including phenoxy) is 1. The van der Waals surface area contributed by atoms with Crippen LogP contribution in [0, 0.1) is 29.6 Å². The van der Waals surface area contributed by atoms with Crippen LogP contribution in [0.2, 0.25) is 0 Å². The molecule has 1 N–H and O–H groups in total. The summed E-state index contributed by atoms with van der Waals surface area (Å²) in [7, 11) is 1.73. The Labute approximate surface area is 139 Å². The van der Waals surface area contributed by atoms with Gasteiger partial charge in [-0.2, -0.15) is 0 Å². The van der Waals surface area contributed by atoms with Crippen LogP contribution in [0.25, 0.3) is 0 Å². The van der Waals surface area contributed by atoms with Crippen LogP contribution in [0.1, 0.15) is 56.1 Å². The number of hydrogen-bond acceptors (Lipinski definition) is 2. The van der Waals surface area contributed by atoms with Crippen LogP contribution in [0.3, 0.4) is 0 Å². The molecule has 0 radical (unpaired) electrons. The molecule has 4 rings (SSSR count). The van der Waals surface area contributed by atoms with Crippen LogP contribution < -0.4 is 4.74 Å². The number of aryl methyl sites for hydroxylation is 1. The topological polar surface area (TPSA) is 29.5 Å². The second kappa shape index (κ2) is 5.02. The van der Waals surface area contributed by atoms with Gasteiger partial charge < -0.3 is 9.84 Å². The summed E-state index contributed by atoms with van der Waals surface area (Å²) in [6.45, 7) is 2.24. The summed E-state index contributed by atoms with van der Waals surface area (Å²) in [6, 6.07) is 6.59. The van der Waals surface area contributed by atoms with Crippen molar-refractivity contribution in [2.45, 2.75) is 57.0 Å². The zero-order valence-corrected chi connectivity index (χ0v) is 14.1. The first-order chi connectivity index (χ1) is 11.0. The van der Waals surface area contributed by atoms with Crippen molar-refractivity contribution in [1.82, 2.24) is 0 Å². The monoisotopic (exact) mass is 310 g/mol. The van der Waals surface area contributed by atoms with Crippen molar-refractivity contribution in [3.05, 3.63) is 29.3 Å². The maximum Gasteiger partial charge on any atom is 0.130 e. The van der Waals surface area contributed by atoms with E-state index in [4.69, 9.17) is 11.2 Å². The first-order valence-corrected chi connectivity index (χ1v) is 8.89. The van der Waals surface area contributed by atoms with E-state index in [0.717, 1.165) is 37.9 Å². The molecule has 0 amide bonds. The number of aliphatic hydroxyl groups is 1. The minimum absolute atomic E-state index is 0.104. The minimum Gasteiger partial charge on any atom is -0.497 e. The molecule has 0 aliphatic heterocycles. The van der Waals surface area contributed by atoms with Gasteiger partial charge in [-0.15, -0.1) is 6.42 Å². The molecule has 0 spiro atoms. The fraction of sp³-hybridized carbons (Fsp3) is 0.619. The number of fused-ring (bicyclic) bond motifs is 5. The molecule has 2 nitrogen and oxygen atoms in total. The van der Waals surface area contributed by atoms with E-state index in [-0.39, 0.29) is 5.41 Å². The smallest absolute Gasteiger partial charge is 0.130 e. The lowest BCUT2D eigenvalue weighted by atomic mass is 9.53. The highest BCUT2D eigenvalue weighted by atomic mass is 16.5. The molecule has 3 aliphatic rings. The molecule has 0 saturated heterocycles. The Kier molecular flexibility index (Phi) is 3.29.